The molecular formula is C18H11F2NO4. The zero-order valence-corrected chi connectivity index (χ0v) is 12.7. The van der Waals surface area contributed by atoms with Crippen LogP contribution in [0.5, 0.6) is 17.2 Å². The number of alkyl halides is 2. The second-order valence-electron chi connectivity index (χ2n) is 5.01. The van der Waals surface area contributed by atoms with Gasteiger partial charge in [0.2, 0.25) is 12.6 Å². The fraction of sp³-hybridized carbons (Fsp3) is 0.111. The van der Waals surface area contributed by atoms with Crippen molar-refractivity contribution in [3.63, 3.8) is 0 Å². The Bertz CT molecular complexity index is 870. The summed E-state index contributed by atoms with van der Waals surface area (Å²) in [7, 11) is 0. The van der Waals surface area contributed by atoms with Crippen LogP contribution in [-0.4, -0.2) is 19.2 Å². The van der Waals surface area contributed by atoms with Crippen LogP contribution in [0.1, 0.15) is 15.9 Å². The molecular weight excluding hydrogens is 332 g/mol. The number of nitrogens with zero attached hydrogens (tertiary/aromatic N) is 1. The van der Waals surface area contributed by atoms with E-state index in [4.69, 9.17) is 9.47 Å². The zero-order chi connectivity index (χ0) is 17.8. The molecule has 2 aromatic carbocycles. The van der Waals surface area contributed by atoms with E-state index in [1.807, 2.05) is 6.07 Å². The van der Waals surface area contributed by atoms with Gasteiger partial charge in [-0.3, -0.25) is 4.79 Å². The average molecular weight is 343 g/mol. The first-order valence-corrected chi connectivity index (χ1v) is 7.18. The molecule has 0 saturated heterocycles. The molecule has 0 saturated carbocycles. The molecule has 0 spiro atoms. The third kappa shape index (κ3) is 3.75. The number of ether oxygens (including phenoxy) is 3. The molecule has 0 N–H and O–H groups in total. The van der Waals surface area contributed by atoms with E-state index in [9.17, 15) is 18.8 Å². The van der Waals surface area contributed by atoms with Gasteiger partial charge < -0.3 is 14.2 Å². The molecule has 0 fully saturated rings. The lowest BCUT2D eigenvalue weighted by molar-refractivity contribution is -0.0498. The van der Waals surface area contributed by atoms with Crippen molar-refractivity contribution in [3.05, 3.63) is 59.2 Å². The molecule has 1 heterocycles. The minimum atomic E-state index is -2.91. The highest BCUT2D eigenvalue weighted by molar-refractivity contribution is 6.14. The Kier molecular flexibility index (Phi) is 4.61. The summed E-state index contributed by atoms with van der Waals surface area (Å²) in [6.07, 6.45) is 1.37. The van der Waals surface area contributed by atoms with Crippen molar-refractivity contribution in [2.24, 2.45) is 0 Å². The Hall–Kier alpha value is -3.40. The second kappa shape index (κ2) is 7.01. The lowest BCUT2D eigenvalue weighted by atomic mass is 10.0. The summed E-state index contributed by atoms with van der Waals surface area (Å²) in [4.78, 5) is 12.5. The average Bonchev–Trinajstić information content (AvgIpc) is 3.07. The molecule has 25 heavy (non-hydrogen) atoms. The highest BCUT2D eigenvalue weighted by Crippen LogP contribution is 2.33. The van der Waals surface area contributed by atoms with Crippen molar-refractivity contribution < 1.29 is 27.8 Å². The molecule has 1 aliphatic rings. The maximum absolute atomic E-state index is 12.5. The number of nitriles is 1. The number of Topliss-reactive ketones (excluding diaryl/α,β-unsaturated/α-hetero) is 1. The number of allylic oxidation sites excluding steroid dienone is 1. The van der Waals surface area contributed by atoms with Crippen molar-refractivity contribution in [1.82, 2.24) is 0 Å². The van der Waals surface area contributed by atoms with Crippen molar-refractivity contribution in [2.75, 3.05) is 6.79 Å². The Morgan fingerprint density at radius 2 is 1.88 bits per heavy atom. The van der Waals surface area contributed by atoms with Crippen LogP contribution in [0.3, 0.4) is 0 Å². The molecule has 0 aliphatic carbocycles. The molecule has 2 aromatic rings. The van der Waals surface area contributed by atoms with Gasteiger partial charge in [-0.05, 0) is 42.0 Å². The number of fused-ring (bicyclic) bond motifs is 1. The van der Waals surface area contributed by atoms with Gasteiger partial charge in [-0.15, -0.1) is 0 Å². The Labute approximate surface area is 141 Å². The number of benzene rings is 2. The lowest BCUT2D eigenvalue weighted by Crippen LogP contribution is -2.02. The first-order chi connectivity index (χ1) is 12.1. The third-order valence-electron chi connectivity index (χ3n) is 3.42. The van der Waals surface area contributed by atoms with Crippen molar-refractivity contribution >= 4 is 11.9 Å². The number of halogens is 2. The molecule has 0 amide bonds. The smallest absolute Gasteiger partial charge is 0.387 e. The van der Waals surface area contributed by atoms with Crippen LogP contribution in [0, 0.1) is 11.3 Å². The van der Waals surface area contributed by atoms with Gasteiger partial charge in [0.25, 0.3) is 0 Å². The highest BCUT2D eigenvalue weighted by Gasteiger charge is 2.18. The predicted octanol–water partition coefficient (Wildman–Crippen LogP) is 3.81. The highest BCUT2D eigenvalue weighted by atomic mass is 19.3. The van der Waals surface area contributed by atoms with Crippen LogP contribution in [0.15, 0.2) is 48.0 Å². The number of carbonyl (C=O) groups excluding carboxylic acids is 1. The number of carbonyl (C=O) groups is 1. The topological polar surface area (TPSA) is 68.5 Å². The Balaban J connectivity index is 1.82. The SMILES string of the molecule is N#CC(=Cc1ccc(OC(F)F)cc1)C(=O)c1ccc2c(c1)OCO2. The monoisotopic (exact) mass is 343 g/mol. The largest absolute Gasteiger partial charge is 0.454 e. The first kappa shape index (κ1) is 16.5. The fourth-order valence-corrected chi connectivity index (χ4v) is 2.25. The normalized spacial score (nSPS) is 12.8. The van der Waals surface area contributed by atoms with Crippen LogP contribution in [-0.2, 0) is 0 Å². The summed E-state index contributed by atoms with van der Waals surface area (Å²) in [5.41, 5.74) is 0.698. The maximum atomic E-state index is 12.5. The molecule has 126 valence electrons. The minimum Gasteiger partial charge on any atom is -0.454 e. The van der Waals surface area contributed by atoms with E-state index in [0.717, 1.165) is 0 Å². The minimum absolute atomic E-state index is 0.00671. The van der Waals surface area contributed by atoms with Crippen molar-refractivity contribution in [2.45, 2.75) is 6.61 Å². The van der Waals surface area contributed by atoms with Gasteiger partial charge in [0, 0.05) is 5.56 Å². The van der Waals surface area contributed by atoms with Gasteiger partial charge >= 0.3 is 6.61 Å². The fourth-order valence-electron chi connectivity index (χ4n) is 2.25. The molecule has 1 aliphatic heterocycles. The summed E-state index contributed by atoms with van der Waals surface area (Å²) in [6, 6.07) is 12.1. The summed E-state index contributed by atoms with van der Waals surface area (Å²) < 4.78 is 38.9. The van der Waals surface area contributed by atoms with Gasteiger partial charge in [-0.1, -0.05) is 12.1 Å². The quantitative estimate of drug-likeness (QED) is 0.469. The van der Waals surface area contributed by atoms with E-state index < -0.39 is 12.4 Å². The Morgan fingerprint density at radius 1 is 1.16 bits per heavy atom. The van der Waals surface area contributed by atoms with Gasteiger partial charge in [-0.25, -0.2) is 0 Å². The molecule has 0 radical (unpaired) electrons. The molecule has 0 bridgehead atoms. The van der Waals surface area contributed by atoms with Gasteiger partial charge in [0.1, 0.15) is 17.4 Å². The van der Waals surface area contributed by atoms with Gasteiger partial charge in [0.15, 0.2) is 11.5 Å². The molecule has 0 unspecified atom stereocenters. The van der Waals surface area contributed by atoms with Crippen LogP contribution < -0.4 is 14.2 Å². The molecule has 3 rings (SSSR count). The van der Waals surface area contributed by atoms with Crippen LogP contribution in [0.4, 0.5) is 8.78 Å². The van der Waals surface area contributed by atoms with Crippen molar-refractivity contribution in [1.29, 1.82) is 5.26 Å². The second-order valence-corrected chi connectivity index (χ2v) is 5.01. The predicted molar refractivity (Wildman–Crippen MR) is 83.6 cm³/mol. The van der Waals surface area contributed by atoms with E-state index in [1.165, 1.54) is 36.4 Å². The summed E-state index contributed by atoms with van der Waals surface area (Å²) in [5, 5.41) is 9.27. The first-order valence-electron chi connectivity index (χ1n) is 7.18. The maximum Gasteiger partial charge on any atom is 0.387 e. The Morgan fingerprint density at radius 3 is 2.56 bits per heavy atom. The van der Waals surface area contributed by atoms with E-state index in [-0.39, 0.29) is 23.7 Å². The number of rotatable bonds is 5. The van der Waals surface area contributed by atoms with Crippen LogP contribution in [0.25, 0.3) is 6.08 Å². The summed E-state index contributed by atoms with van der Waals surface area (Å²) in [5.74, 6) is 0.492. The van der Waals surface area contributed by atoms with Gasteiger partial charge in [-0.2, -0.15) is 14.0 Å². The summed E-state index contributed by atoms with van der Waals surface area (Å²) >= 11 is 0. The van der Waals surface area contributed by atoms with E-state index >= 15 is 0 Å². The van der Waals surface area contributed by atoms with Crippen LogP contribution in [0.2, 0.25) is 0 Å². The van der Waals surface area contributed by atoms with Crippen LogP contribution >= 0.6 is 0 Å². The van der Waals surface area contributed by atoms with E-state index in [2.05, 4.69) is 4.74 Å². The molecule has 0 atom stereocenters. The van der Waals surface area contributed by atoms with E-state index in [0.29, 0.717) is 17.1 Å². The summed E-state index contributed by atoms with van der Waals surface area (Å²) in [6.45, 7) is -2.83. The number of hydrogen-bond donors (Lipinski definition) is 0. The molecule has 5 nitrogen and oxygen atoms in total. The number of ketones is 1. The molecule has 7 heteroatoms. The number of hydrogen-bond acceptors (Lipinski definition) is 5. The lowest BCUT2D eigenvalue weighted by Gasteiger charge is -2.04. The zero-order valence-electron chi connectivity index (χ0n) is 12.7. The third-order valence-corrected chi connectivity index (χ3v) is 3.42. The standard InChI is InChI=1S/C18H11F2NO4/c19-18(20)25-14-4-1-11(2-5-14)7-13(9-21)17(22)12-3-6-15-16(8-12)24-10-23-15/h1-8,18H,10H2. The molecule has 0 aromatic heterocycles. The van der Waals surface area contributed by atoms with Gasteiger partial charge in [0.05, 0.1) is 0 Å². The van der Waals surface area contributed by atoms with E-state index in [1.54, 1.807) is 12.1 Å². The van der Waals surface area contributed by atoms with Crippen molar-refractivity contribution in [3.8, 4) is 23.3 Å².